The highest BCUT2D eigenvalue weighted by Crippen LogP contribution is 2.23. The molecule has 0 aromatic heterocycles. The van der Waals surface area contributed by atoms with Gasteiger partial charge in [-0.1, -0.05) is 29.8 Å². The molecule has 0 amide bonds. The molecular weight excluding hydrogens is 276 g/mol. The minimum Gasteiger partial charge on any atom is -0.489 e. The number of aromatic carboxylic acids is 1. The third-order valence-corrected chi connectivity index (χ3v) is 3.53. The summed E-state index contributed by atoms with van der Waals surface area (Å²) in [6, 6.07) is 10.7. The van der Waals surface area contributed by atoms with Crippen molar-refractivity contribution < 1.29 is 14.6 Å². The van der Waals surface area contributed by atoms with Crippen LogP contribution in [0.5, 0.6) is 5.75 Å². The SMILES string of the molecule is Cc1cccc(C)c1COc1ccc(Cl)c(C(=O)O)c1. The van der Waals surface area contributed by atoms with Crippen molar-refractivity contribution in [1.29, 1.82) is 0 Å². The third-order valence-electron chi connectivity index (χ3n) is 3.20. The summed E-state index contributed by atoms with van der Waals surface area (Å²) in [7, 11) is 0. The summed E-state index contributed by atoms with van der Waals surface area (Å²) in [6.45, 7) is 4.45. The molecule has 2 aromatic rings. The maximum Gasteiger partial charge on any atom is 0.337 e. The molecule has 2 aromatic carbocycles. The van der Waals surface area contributed by atoms with E-state index in [0.717, 1.165) is 16.7 Å². The van der Waals surface area contributed by atoms with Crippen LogP contribution >= 0.6 is 11.6 Å². The molecule has 104 valence electrons. The molecule has 0 heterocycles. The molecule has 3 nitrogen and oxygen atoms in total. The van der Waals surface area contributed by atoms with Gasteiger partial charge >= 0.3 is 5.97 Å². The molecule has 0 saturated carbocycles. The maximum absolute atomic E-state index is 11.0. The normalized spacial score (nSPS) is 10.3. The van der Waals surface area contributed by atoms with E-state index in [2.05, 4.69) is 0 Å². The van der Waals surface area contributed by atoms with Gasteiger partial charge in [-0.25, -0.2) is 4.79 Å². The van der Waals surface area contributed by atoms with Crippen LogP contribution in [0.3, 0.4) is 0 Å². The fourth-order valence-corrected chi connectivity index (χ4v) is 2.19. The zero-order chi connectivity index (χ0) is 14.7. The Morgan fingerprint density at radius 3 is 2.45 bits per heavy atom. The van der Waals surface area contributed by atoms with E-state index in [4.69, 9.17) is 21.4 Å². The van der Waals surface area contributed by atoms with E-state index >= 15 is 0 Å². The Morgan fingerprint density at radius 2 is 1.85 bits per heavy atom. The first-order chi connectivity index (χ1) is 9.49. The summed E-state index contributed by atoms with van der Waals surface area (Å²) < 4.78 is 5.68. The van der Waals surface area contributed by atoms with E-state index < -0.39 is 5.97 Å². The Hall–Kier alpha value is -2.00. The van der Waals surface area contributed by atoms with Crippen molar-refractivity contribution in [2.45, 2.75) is 20.5 Å². The Balaban J connectivity index is 2.19. The van der Waals surface area contributed by atoms with Gasteiger partial charge in [0, 0.05) is 0 Å². The van der Waals surface area contributed by atoms with Gasteiger partial charge < -0.3 is 9.84 Å². The summed E-state index contributed by atoms with van der Waals surface area (Å²) >= 11 is 5.82. The predicted octanol–water partition coefficient (Wildman–Crippen LogP) is 4.23. The number of rotatable bonds is 4. The number of carbonyl (C=O) groups is 1. The molecule has 0 atom stereocenters. The molecule has 0 unspecified atom stereocenters. The number of aryl methyl sites for hydroxylation is 2. The van der Waals surface area contributed by atoms with Crippen molar-refractivity contribution >= 4 is 17.6 Å². The smallest absolute Gasteiger partial charge is 0.337 e. The summed E-state index contributed by atoms with van der Waals surface area (Å²) in [4.78, 5) is 11.0. The molecule has 0 aliphatic carbocycles. The van der Waals surface area contributed by atoms with Gasteiger partial charge in [-0.15, -0.1) is 0 Å². The fraction of sp³-hybridized carbons (Fsp3) is 0.188. The first-order valence-corrected chi connectivity index (χ1v) is 6.57. The van der Waals surface area contributed by atoms with E-state index in [1.165, 1.54) is 12.1 Å². The lowest BCUT2D eigenvalue weighted by molar-refractivity contribution is 0.0696. The molecule has 0 aliphatic rings. The number of carboxylic acids is 1. The number of carboxylic acid groups (broad SMARTS) is 1. The Kier molecular flexibility index (Phi) is 4.30. The molecule has 0 spiro atoms. The number of benzene rings is 2. The van der Waals surface area contributed by atoms with Crippen molar-refractivity contribution in [3.63, 3.8) is 0 Å². The van der Waals surface area contributed by atoms with Crippen LogP contribution in [0.25, 0.3) is 0 Å². The average molecular weight is 291 g/mol. The van der Waals surface area contributed by atoms with Gasteiger partial charge in [0.05, 0.1) is 10.6 Å². The van der Waals surface area contributed by atoms with Crippen LogP contribution in [0.1, 0.15) is 27.0 Å². The quantitative estimate of drug-likeness (QED) is 0.916. The lowest BCUT2D eigenvalue weighted by Gasteiger charge is -2.12. The molecule has 0 bridgehead atoms. The van der Waals surface area contributed by atoms with E-state index in [-0.39, 0.29) is 10.6 Å². The summed E-state index contributed by atoms with van der Waals surface area (Å²) in [5.41, 5.74) is 3.46. The molecule has 20 heavy (non-hydrogen) atoms. The van der Waals surface area contributed by atoms with Crippen LogP contribution in [-0.2, 0) is 6.61 Å². The van der Waals surface area contributed by atoms with Gasteiger partial charge in [-0.3, -0.25) is 0 Å². The molecule has 2 rings (SSSR count). The second kappa shape index (κ2) is 5.97. The molecular formula is C16H15ClO3. The van der Waals surface area contributed by atoms with Crippen LogP contribution in [0.4, 0.5) is 0 Å². The van der Waals surface area contributed by atoms with Gasteiger partial charge in [-0.2, -0.15) is 0 Å². The van der Waals surface area contributed by atoms with Crippen LogP contribution in [-0.4, -0.2) is 11.1 Å². The topological polar surface area (TPSA) is 46.5 Å². The predicted molar refractivity (Wildman–Crippen MR) is 78.7 cm³/mol. The number of halogens is 1. The average Bonchev–Trinajstić information content (AvgIpc) is 2.39. The Bertz CT molecular complexity index is 630. The standard InChI is InChI=1S/C16H15ClO3/c1-10-4-3-5-11(2)14(10)9-20-12-6-7-15(17)13(8-12)16(18)19/h3-8H,9H2,1-2H3,(H,18,19). The van der Waals surface area contributed by atoms with Crippen LogP contribution < -0.4 is 4.74 Å². The lowest BCUT2D eigenvalue weighted by atomic mass is 10.0. The molecule has 0 fully saturated rings. The van der Waals surface area contributed by atoms with Gasteiger partial charge in [0.1, 0.15) is 12.4 Å². The largest absolute Gasteiger partial charge is 0.489 e. The van der Waals surface area contributed by atoms with Crippen LogP contribution in [0.15, 0.2) is 36.4 Å². The van der Waals surface area contributed by atoms with E-state index in [1.54, 1.807) is 6.07 Å². The highest BCUT2D eigenvalue weighted by atomic mass is 35.5. The number of hydrogen-bond acceptors (Lipinski definition) is 2. The maximum atomic E-state index is 11.0. The highest BCUT2D eigenvalue weighted by Gasteiger charge is 2.10. The zero-order valence-corrected chi connectivity index (χ0v) is 12.1. The molecule has 1 N–H and O–H groups in total. The zero-order valence-electron chi connectivity index (χ0n) is 11.3. The van der Waals surface area contributed by atoms with Crippen molar-refractivity contribution in [2.75, 3.05) is 0 Å². The molecule has 0 radical (unpaired) electrons. The summed E-state index contributed by atoms with van der Waals surface area (Å²) in [6.07, 6.45) is 0. The first-order valence-electron chi connectivity index (χ1n) is 6.20. The van der Waals surface area contributed by atoms with Crippen molar-refractivity contribution in [2.24, 2.45) is 0 Å². The van der Waals surface area contributed by atoms with Crippen LogP contribution in [0, 0.1) is 13.8 Å². The van der Waals surface area contributed by atoms with Crippen molar-refractivity contribution in [3.05, 3.63) is 63.7 Å². The minimum absolute atomic E-state index is 0.0469. The third kappa shape index (κ3) is 3.11. The Labute approximate surface area is 122 Å². The second-order valence-electron chi connectivity index (χ2n) is 4.61. The summed E-state index contributed by atoms with van der Waals surface area (Å²) in [5.74, 6) is -0.568. The molecule has 4 heteroatoms. The number of ether oxygens (including phenoxy) is 1. The summed E-state index contributed by atoms with van der Waals surface area (Å²) in [5, 5.41) is 9.23. The highest BCUT2D eigenvalue weighted by molar-refractivity contribution is 6.33. The van der Waals surface area contributed by atoms with Crippen molar-refractivity contribution in [3.8, 4) is 5.75 Å². The van der Waals surface area contributed by atoms with Gasteiger partial charge in [0.2, 0.25) is 0 Å². The van der Waals surface area contributed by atoms with Crippen molar-refractivity contribution in [1.82, 2.24) is 0 Å². The van der Waals surface area contributed by atoms with E-state index in [0.29, 0.717) is 12.4 Å². The molecule has 0 aliphatic heterocycles. The van der Waals surface area contributed by atoms with E-state index in [9.17, 15) is 4.79 Å². The lowest BCUT2D eigenvalue weighted by Crippen LogP contribution is -2.02. The fourth-order valence-electron chi connectivity index (χ4n) is 1.99. The first kappa shape index (κ1) is 14.4. The van der Waals surface area contributed by atoms with Crippen LogP contribution in [0.2, 0.25) is 5.02 Å². The number of hydrogen-bond donors (Lipinski definition) is 1. The van der Waals surface area contributed by atoms with Gasteiger partial charge in [0.25, 0.3) is 0 Å². The second-order valence-corrected chi connectivity index (χ2v) is 5.01. The van der Waals surface area contributed by atoms with Gasteiger partial charge in [-0.05, 0) is 48.7 Å². The van der Waals surface area contributed by atoms with Gasteiger partial charge in [0.15, 0.2) is 0 Å². The minimum atomic E-state index is -1.06. The monoisotopic (exact) mass is 290 g/mol. The molecule has 0 saturated heterocycles. The Morgan fingerprint density at radius 1 is 1.20 bits per heavy atom. The van der Waals surface area contributed by atoms with E-state index in [1.807, 2.05) is 32.0 Å².